The van der Waals surface area contributed by atoms with Gasteiger partial charge in [0.25, 0.3) is 5.91 Å². The topological polar surface area (TPSA) is 65.8 Å². The summed E-state index contributed by atoms with van der Waals surface area (Å²) in [4.78, 5) is 16.0. The summed E-state index contributed by atoms with van der Waals surface area (Å²) < 4.78 is 0.795. The first-order valence-corrected chi connectivity index (χ1v) is 6.32. The Labute approximate surface area is 119 Å². The maximum atomic E-state index is 12.1. The summed E-state index contributed by atoms with van der Waals surface area (Å²) in [7, 11) is 0. The predicted octanol–water partition coefficient (Wildman–Crippen LogP) is 3.28. The van der Waals surface area contributed by atoms with E-state index in [4.69, 9.17) is 5.26 Å². The molecule has 19 heavy (non-hydrogen) atoms. The van der Waals surface area contributed by atoms with Crippen LogP contribution in [0.3, 0.4) is 0 Å². The highest BCUT2D eigenvalue weighted by atomic mass is 79.9. The maximum absolute atomic E-state index is 12.1. The van der Waals surface area contributed by atoms with Crippen LogP contribution in [0.1, 0.15) is 21.5 Å². The Bertz CT molecular complexity index is 677. The van der Waals surface area contributed by atoms with Gasteiger partial charge in [0.1, 0.15) is 6.07 Å². The summed E-state index contributed by atoms with van der Waals surface area (Å²) in [5, 5.41) is 11.7. The number of carbonyl (C=O) groups is 1. The van der Waals surface area contributed by atoms with E-state index in [0.717, 1.165) is 10.0 Å². The van der Waals surface area contributed by atoms with Crippen molar-refractivity contribution in [3.8, 4) is 6.07 Å². The highest BCUT2D eigenvalue weighted by Crippen LogP contribution is 2.24. The summed E-state index contributed by atoms with van der Waals surface area (Å²) in [6.45, 7) is 1.96. The number of hydrogen-bond donors (Lipinski definition) is 1. The number of pyridine rings is 1. The van der Waals surface area contributed by atoms with Gasteiger partial charge in [0.2, 0.25) is 0 Å². The number of nitrogens with zero attached hydrogens (tertiary/aromatic N) is 2. The van der Waals surface area contributed by atoms with Crippen LogP contribution in [-0.4, -0.2) is 10.9 Å². The Kier molecular flexibility index (Phi) is 3.93. The largest absolute Gasteiger partial charge is 0.321 e. The lowest BCUT2D eigenvalue weighted by Crippen LogP contribution is -2.14. The molecule has 0 atom stereocenters. The molecule has 2 rings (SSSR count). The SMILES string of the molecule is Cc1ccc(NC(=O)c2cnccc2C#N)c(Br)c1. The molecule has 0 saturated heterocycles. The molecular formula is C14H10BrN3O. The predicted molar refractivity (Wildman–Crippen MR) is 75.8 cm³/mol. The number of hydrogen-bond acceptors (Lipinski definition) is 3. The highest BCUT2D eigenvalue weighted by Gasteiger charge is 2.12. The van der Waals surface area contributed by atoms with E-state index in [0.29, 0.717) is 11.3 Å². The fraction of sp³-hybridized carbons (Fsp3) is 0.0714. The Balaban J connectivity index is 2.29. The van der Waals surface area contributed by atoms with Gasteiger partial charge in [0.15, 0.2) is 0 Å². The first kappa shape index (κ1) is 13.2. The third-order valence-electron chi connectivity index (χ3n) is 2.56. The van der Waals surface area contributed by atoms with Crippen LogP contribution in [0, 0.1) is 18.3 Å². The first-order chi connectivity index (χ1) is 9.11. The second-order valence-electron chi connectivity index (χ2n) is 3.97. The zero-order chi connectivity index (χ0) is 13.8. The third-order valence-corrected chi connectivity index (χ3v) is 3.22. The molecule has 1 aromatic carbocycles. The van der Waals surface area contributed by atoms with E-state index in [1.165, 1.54) is 18.5 Å². The molecule has 0 bridgehead atoms. The molecule has 1 aromatic heterocycles. The van der Waals surface area contributed by atoms with Gasteiger partial charge in [-0.2, -0.15) is 5.26 Å². The normalized spacial score (nSPS) is 9.74. The average Bonchev–Trinajstić information content (AvgIpc) is 2.41. The molecule has 0 aliphatic carbocycles. The Morgan fingerprint density at radius 2 is 2.21 bits per heavy atom. The number of rotatable bonds is 2. The quantitative estimate of drug-likeness (QED) is 0.924. The van der Waals surface area contributed by atoms with E-state index in [1.807, 2.05) is 25.1 Å². The molecule has 0 aliphatic rings. The van der Waals surface area contributed by atoms with E-state index >= 15 is 0 Å². The molecule has 0 spiro atoms. The summed E-state index contributed by atoms with van der Waals surface area (Å²) in [5.74, 6) is -0.353. The molecule has 0 saturated carbocycles. The van der Waals surface area contributed by atoms with Crippen molar-refractivity contribution in [2.45, 2.75) is 6.92 Å². The van der Waals surface area contributed by atoms with Gasteiger partial charge in [-0.1, -0.05) is 6.07 Å². The molecule has 1 N–H and O–H groups in total. The third kappa shape index (κ3) is 2.98. The summed E-state index contributed by atoms with van der Waals surface area (Å²) in [6.07, 6.45) is 2.87. The van der Waals surface area contributed by atoms with E-state index in [1.54, 1.807) is 6.07 Å². The van der Waals surface area contributed by atoms with Crippen LogP contribution in [0.25, 0.3) is 0 Å². The van der Waals surface area contributed by atoms with E-state index in [-0.39, 0.29) is 11.5 Å². The summed E-state index contributed by atoms with van der Waals surface area (Å²) in [6, 6.07) is 9.10. The second kappa shape index (κ2) is 5.63. The number of halogens is 1. The number of amides is 1. The van der Waals surface area contributed by atoms with Crippen LogP contribution in [-0.2, 0) is 0 Å². The van der Waals surface area contributed by atoms with Gasteiger partial charge in [-0.05, 0) is 46.6 Å². The van der Waals surface area contributed by atoms with Gasteiger partial charge in [0.05, 0.1) is 16.8 Å². The lowest BCUT2D eigenvalue weighted by Gasteiger charge is -2.08. The van der Waals surface area contributed by atoms with Crippen LogP contribution in [0.5, 0.6) is 0 Å². The summed E-state index contributed by atoms with van der Waals surface area (Å²) in [5.41, 5.74) is 2.31. The van der Waals surface area contributed by atoms with Crippen molar-refractivity contribution in [1.82, 2.24) is 4.98 Å². The van der Waals surface area contributed by atoms with E-state index < -0.39 is 0 Å². The molecule has 0 radical (unpaired) electrons. The maximum Gasteiger partial charge on any atom is 0.258 e. The van der Waals surface area contributed by atoms with Crippen LogP contribution in [0.2, 0.25) is 0 Å². The van der Waals surface area contributed by atoms with Gasteiger partial charge in [-0.3, -0.25) is 9.78 Å². The van der Waals surface area contributed by atoms with Crippen molar-refractivity contribution in [1.29, 1.82) is 5.26 Å². The molecule has 1 heterocycles. The molecule has 5 heteroatoms. The molecule has 1 amide bonds. The number of nitriles is 1. The zero-order valence-corrected chi connectivity index (χ0v) is 11.7. The molecule has 4 nitrogen and oxygen atoms in total. The highest BCUT2D eigenvalue weighted by molar-refractivity contribution is 9.10. The second-order valence-corrected chi connectivity index (χ2v) is 4.82. The monoisotopic (exact) mass is 315 g/mol. The van der Waals surface area contributed by atoms with Gasteiger partial charge in [0, 0.05) is 16.9 Å². The van der Waals surface area contributed by atoms with Gasteiger partial charge < -0.3 is 5.32 Å². The minimum atomic E-state index is -0.353. The summed E-state index contributed by atoms with van der Waals surface area (Å²) >= 11 is 3.39. The number of aromatic nitrogens is 1. The van der Waals surface area contributed by atoms with Crippen molar-refractivity contribution in [2.24, 2.45) is 0 Å². The zero-order valence-electron chi connectivity index (χ0n) is 10.1. The van der Waals surface area contributed by atoms with Crippen LogP contribution in [0.15, 0.2) is 41.1 Å². The molecule has 94 valence electrons. The van der Waals surface area contributed by atoms with Crippen LogP contribution < -0.4 is 5.32 Å². The first-order valence-electron chi connectivity index (χ1n) is 5.53. The number of aryl methyl sites for hydroxylation is 1. The number of benzene rings is 1. The van der Waals surface area contributed by atoms with Crippen molar-refractivity contribution in [3.05, 3.63) is 57.8 Å². The van der Waals surface area contributed by atoms with Crippen LogP contribution in [0.4, 0.5) is 5.69 Å². The van der Waals surface area contributed by atoms with Crippen molar-refractivity contribution >= 4 is 27.5 Å². The van der Waals surface area contributed by atoms with Crippen molar-refractivity contribution < 1.29 is 4.79 Å². The van der Waals surface area contributed by atoms with Crippen LogP contribution >= 0.6 is 15.9 Å². The Hall–Kier alpha value is -2.19. The molecule has 0 aliphatic heterocycles. The fourth-order valence-electron chi connectivity index (χ4n) is 1.58. The van der Waals surface area contributed by atoms with Gasteiger partial charge in [-0.15, -0.1) is 0 Å². The molecular weight excluding hydrogens is 306 g/mol. The van der Waals surface area contributed by atoms with Gasteiger partial charge >= 0.3 is 0 Å². The standard InChI is InChI=1S/C14H10BrN3O/c1-9-2-3-13(12(15)6-9)18-14(19)11-8-17-5-4-10(11)7-16/h2-6,8H,1H3,(H,18,19). The number of nitrogens with one attached hydrogen (secondary N) is 1. The Morgan fingerprint density at radius 1 is 1.42 bits per heavy atom. The van der Waals surface area contributed by atoms with E-state index in [2.05, 4.69) is 26.2 Å². The molecule has 2 aromatic rings. The lowest BCUT2D eigenvalue weighted by molar-refractivity contribution is 0.102. The smallest absolute Gasteiger partial charge is 0.258 e. The lowest BCUT2D eigenvalue weighted by atomic mass is 10.1. The Morgan fingerprint density at radius 3 is 2.89 bits per heavy atom. The minimum Gasteiger partial charge on any atom is -0.321 e. The van der Waals surface area contributed by atoms with Crippen molar-refractivity contribution in [3.63, 3.8) is 0 Å². The fourth-order valence-corrected chi connectivity index (χ4v) is 2.18. The van der Waals surface area contributed by atoms with Gasteiger partial charge in [-0.25, -0.2) is 0 Å². The molecule has 0 unspecified atom stereocenters. The average molecular weight is 316 g/mol. The van der Waals surface area contributed by atoms with E-state index in [9.17, 15) is 4.79 Å². The van der Waals surface area contributed by atoms with Crippen molar-refractivity contribution in [2.75, 3.05) is 5.32 Å². The number of carbonyl (C=O) groups excluding carboxylic acids is 1. The minimum absolute atomic E-state index is 0.262. The molecule has 0 fully saturated rings. The number of anilines is 1.